The molecule has 0 spiro atoms. The average Bonchev–Trinajstić information content (AvgIpc) is 2.59. The van der Waals surface area contributed by atoms with Gasteiger partial charge in [0.1, 0.15) is 5.78 Å². The van der Waals surface area contributed by atoms with Crippen molar-refractivity contribution in [2.45, 2.75) is 39.2 Å². The Kier molecular flexibility index (Phi) is 3.53. The number of Topliss-reactive ketones (excluding diaryl/α,β-unsaturated/α-hetero) is 1. The van der Waals surface area contributed by atoms with Crippen molar-refractivity contribution in [2.24, 2.45) is 23.7 Å². The SMILES string of the molecule is C=CC(C)=CC1CCC(C)C2C(O)CC(=O)C12. The minimum absolute atomic E-state index is 0.0450. The van der Waals surface area contributed by atoms with Crippen LogP contribution in [0.15, 0.2) is 24.3 Å². The fraction of sp³-hybridized carbons (Fsp3) is 0.667. The van der Waals surface area contributed by atoms with Crippen LogP contribution in [-0.4, -0.2) is 17.0 Å². The summed E-state index contributed by atoms with van der Waals surface area (Å²) in [5.74, 6) is 1.25. The molecule has 2 aliphatic carbocycles. The first kappa shape index (κ1) is 12.6. The number of hydrogen-bond acceptors (Lipinski definition) is 2. The van der Waals surface area contributed by atoms with Crippen molar-refractivity contribution in [1.82, 2.24) is 0 Å². The van der Waals surface area contributed by atoms with Crippen LogP contribution in [0.1, 0.15) is 33.1 Å². The summed E-state index contributed by atoms with van der Waals surface area (Å²) in [5, 5.41) is 10.0. The van der Waals surface area contributed by atoms with E-state index < -0.39 is 6.10 Å². The second kappa shape index (κ2) is 4.77. The predicted octanol–water partition coefficient (Wildman–Crippen LogP) is 2.73. The van der Waals surface area contributed by atoms with E-state index in [9.17, 15) is 9.90 Å². The van der Waals surface area contributed by atoms with Crippen molar-refractivity contribution >= 4 is 5.78 Å². The molecule has 0 amide bonds. The Morgan fingerprint density at radius 3 is 2.82 bits per heavy atom. The van der Waals surface area contributed by atoms with Crippen LogP contribution in [0, 0.1) is 23.7 Å². The summed E-state index contributed by atoms with van der Waals surface area (Å²) in [5.41, 5.74) is 1.14. The molecule has 0 heterocycles. The second-order valence-corrected chi connectivity index (χ2v) is 5.67. The third-order valence-corrected chi connectivity index (χ3v) is 4.51. The van der Waals surface area contributed by atoms with Gasteiger partial charge in [-0.05, 0) is 37.5 Å². The van der Waals surface area contributed by atoms with Gasteiger partial charge >= 0.3 is 0 Å². The Morgan fingerprint density at radius 1 is 1.47 bits per heavy atom. The normalized spacial score (nSPS) is 42.4. The lowest BCUT2D eigenvalue weighted by Crippen LogP contribution is -2.36. The van der Waals surface area contributed by atoms with Gasteiger partial charge in [-0.2, -0.15) is 0 Å². The number of aliphatic hydroxyl groups excluding tert-OH is 1. The van der Waals surface area contributed by atoms with Crippen LogP contribution in [0.5, 0.6) is 0 Å². The van der Waals surface area contributed by atoms with Gasteiger partial charge in [-0.3, -0.25) is 4.79 Å². The van der Waals surface area contributed by atoms with Crippen LogP contribution < -0.4 is 0 Å². The molecule has 0 saturated heterocycles. The Labute approximate surface area is 103 Å². The molecule has 5 atom stereocenters. The predicted molar refractivity (Wildman–Crippen MR) is 68.5 cm³/mol. The number of fused-ring (bicyclic) bond motifs is 1. The van der Waals surface area contributed by atoms with Crippen LogP contribution in [0.3, 0.4) is 0 Å². The number of ketones is 1. The maximum Gasteiger partial charge on any atom is 0.139 e. The summed E-state index contributed by atoms with van der Waals surface area (Å²) in [7, 11) is 0. The van der Waals surface area contributed by atoms with E-state index in [1.54, 1.807) is 0 Å². The molecular weight excluding hydrogens is 212 g/mol. The lowest BCUT2D eigenvalue weighted by Gasteiger charge is -2.37. The number of aliphatic hydroxyl groups is 1. The first-order valence-corrected chi connectivity index (χ1v) is 6.56. The molecule has 17 heavy (non-hydrogen) atoms. The number of carbonyl (C=O) groups excluding carboxylic acids is 1. The van der Waals surface area contributed by atoms with E-state index in [0.717, 1.165) is 18.4 Å². The minimum Gasteiger partial charge on any atom is -0.392 e. The molecule has 0 radical (unpaired) electrons. The number of carbonyl (C=O) groups is 1. The second-order valence-electron chi connectivity index (χ2n) is 5.67. The van der Waals surface area contributed by atoms with Gasteiger partial charge in [0.15, 0.2) is 0 Å². The molecule has 0 aromatic rings. The highest BCUT2D eigenvalue weighted by Crippen LogP contribution is 2.47. The van der Waals surface area contributed by atoms with Crippen LogP contribution in [0.2, 0.25) is 0 Å². The third-order valence-electron chi connectivity index (χ3n) is 4.51. The molecular formula is C15H22O2. The smallest absolute Gasteiger partial charge is 0.139 e. The maximum atomic E-state index is 12.0. The Hall–Kier alpha value is -0.890. The summed E-state index contributed by atoms with van der Waals surface area (Å²) < 4.78 is 0. The zero-order chi connectivity index (χ0) is 12.6. The van der Waals surface area contributed by atoms with E-state index in [-0.39, 0.29) is 17.6 Å². The molecule has 2 saturated carbocycles. The lowest BCUT2D eigenvalue weighted by atomic mass is 9.67. The van der Waals surface area contributed by atoms with Gasteiger partial charge in [0.05, 0.1) is 6.10 Å². The van der Waals surface area contributed by atoms with Crippen molar-refractivity contribution in [1.29, 1.82) is 0 Å². The van der Waals surface area contributed by atoms with E-state index >= 15 is 0 Å². The van der Waals surface area contributed by atoms with E-state index in [1.165, 1.54) is 0 Å². The summed E-state index contributed by atoms with van der Waals surface area (Å²) in [4.78, 5) is 12.0. The Bertz CT molecular complexity index is 356. The highest BCUT2D eigenvalue weighted by molar-refractivity contribution is 5.85. The van der Waals surface area contributed by atoms with Gasteiger partial charge in [0, 0.05) is 12.3 Å². The van der Waals surface area contributed by atoms with Crippen molar-refractivity contribution in [3.63, 3.8) is 0 Å². The zero-order valence-electron chi connectivity index (χ0n) is 10.7. The average molecular weight is 234 g/mol. The van der Waals surface area contributed by atoms with Gasteiger partial charge in [0.25, 0.3) is 0 Å². The fourth-order valence-electron chi connectivity index (χ4n) is 3.61. The highest BCUT2D eigenvalue weighted by Gasteiger charge is 2.49. The zero-order valence-corrected chi connectivity index (χ0v) is 10.7. The standard InChI is InChI=1S/C15H22O2/c1-4-9(2)7-11-6-5-10(3)14-12(16)8-13(17)15(11)14/h4,7,10-12,14-16H,1,5-6,8H2,2-3H3. The van der Waals surface area contributed by atoms with Gasteiger partial charge in [0.2, 0.25) is 0 Å². The molecule has 0 aromatic carbocycles. The molecule has 2 heteroatoms. The minimum atomic E-state index is -0.414. The molecule has 2 aliphatic rings. The van der Waals surface area contributed by atoms with Gasteiger partial charge < -0.3 is 5.11 Å². The molecule has 0 aromatic heterocycles. The lowest BCUT2D eigenvalue weighted by molar-refractivity contribution is -0.123. The summed E-state index contributed by atoms with van der Waals surface area (Å²) in [6.07, 6.45) is 6.12. The number of allylic oxidation sites excluding steroid dienone is 3. The molecule has 2 rings (SSSR count). The van der Waals surface area contributed by atoms with Crippen molar-refractivity contribution < 1.29 is 9.90 Å². The van der Waals surface area contributed by atoms with Crippen molar-refractivity contribution in [2.75, 3.05) is 0 Å². The molecule has 94 valence electrons. The Morgan fingerprint density at radius 2 is 2.18 bits per heavy atom. The van der Waals surface area contributed by atoms with E-state index in [0.29, 0.717) is 18.3 Å². The quantitative estimate of drug-likeness (QED) is 0.746. The molecule has 5 unspecified atom stereocenters. The monoisotopic (exact) mass is 234 g/mol. The molecule has 2 nitrogen and oxygen atoms in total. The van der Waals surface area contributed by atoms with E-state index in [2.05, 4.69) is 19.6 Å². The van der Waals surface area contributed by atoms with Crippen LogP contribution in [0.4, 0.5) is 0 Å². The van der Waals surface area contributed by atoms with Crippen molar-refractivity contribution in [3.05, 3.63) is 24.3 Å². The summed E-state index contributed by atoms with van der Waals surface area (Å²) in [6.45, 7) is 7.95. The topological polar surface area (TPSA) is 37.3 Å². The van der Waals surface area contributed by atoms with Gasteiger partial charge in [-0.15, -0.1) is 0 Å². The number of rotatable bonds is 2. The van der Waals surface area contributed by atoms with Gasteiger partial charge in [-0.25, -0.2) is 0 Å². The summed E-state index contributed by atoms with van der Waals surface area (Å²) >= 11 is 0. The Balaban J connectivity index is 2.25. The number of hydrogen-bond donors (Lipinski definition) is 1. The largest absolute Gasteiger partial charge is 0.392 e. The van der Waals surface area contributed by atoms with Crippen LogP contribution in [-0.2, 0) is 4.79 Å². The first-order valence-electron chi connectivity index (χ1n) is 6.56. The third kappa shape index (κ3) is 2.23. The maximum absolute atomic E-state index is 12.0. The highest BCUT2D eigenvalue weighted by atomic mass is 16.3. The van der Waals surface area contributed by atoms with Crippen LogP contribution in [0.25, 0.3) is 0 Å². The van der Waals surface area contributed by atoms with Gasteiger partial charge in [-0.1, -0.05) is 31.2 Å². The molecule has 1 N–H and O–H groups in total. The van der Waals surface area contributed by atoms with Crippen LogP contribution >= 0.6 is 0 Å². The first-order chi connectivity index (χ1) is 8.04. The summed E-state index contributed by atoms with van der Waals surface area (Å²) in [6, 6.07) is 0. The molecule has 2 fully saturated rings. The van der Waals surface area contributed by atoms with E-state index in [1.807, 2.05) is 13.0 Å². The fourth-order valence-corrected chi connectivity index (χ4v) is 3.61. The molecule has 0 aliphatic heterocycles. The van der Waals surface area contributed by atoms with E-state index in [4.69, 9.17) is 0 Å². The molecule has 0 bridgehead atoms. The van der Waals surface area contributed by atoms with Crippen molar-refractivity contribution in [3.8, 4) is 0 Å².